The Morgan fingerprint density at radius 1 is 1.02 bits per heavy atom. The van der Waals surface area contributed by atoms with E-state index in [1.54, 1.807) is 60.1 Å². The van der Waals surface area contributed by atoms with E-state index in [2.05, 4.69) is 5.10 Å². The van der Waals surface area contributed by atoms with E-state index >= 15 is 4.39 Å². The number of piperazine rings is 1. The first-order chi connectivity index (χ1) is 23.9. The minimum Gasteiger partial charge on any atom is -0.442 e. The molecule has 11 nitrogen and oxygen atoms in total. The van der Waals surface area contributed by atoms with Crippen molar-refractivity contribution in [1.29, 1.82) is 0 Å². The lowest BCUT2D eigenvalue weighted by Gasteiger charge is -2.36. The van der Waals surface area contributed by atoms with Crippen molar-refractivity contribution in [2.24, 2.45) is 17.8 Å². The Bertz CT molecular complexity index is 1590. The molecule has 1 aromatic carbocycles. The lowest BCUT2D eigenvalue weighted by Crippen LogP contribution is -2.49. The normalized spacial score (nSPS) is 27.9. The van der Waals surface area contributed by atoms with Crippen LogP contribution in [0.5, 0.6) is 0 Å². The highest BCUT2D eigenvalue weighted by Gasteiger charge is 2.34. The summed E-state index contributed by atoms with van der Waals surface area (Å²) in [6, 6.07) is 6.37. The molecule has 1 N–H and O–H groups in total. The molecular formula is C37H47F2N5O6. The maximum Gasteiger partial charge on any atom is 0.410 e. The van der Waals surface area contributed by atoms with E-state index in [-0.39, 0.29) is 50.7 Å². The van der Waals surface area contributed by atoms with E-state index in [1.807, 2.05) is 17.9 Å². The molecule has 3 heterocycles. The molecule has 2 saturated heterocycles. The standard InChI is InChI=1S/C37H47F2N5O6/c1-24-5-7-31(45)21-32(46)36(48)35(25(2)6-8-33(24)50-37(49)43-12-9-28(38)22-43)26(3)17-27-18-29(39)20-30(19-27)41-13-15-42(16-14-41)34(47)23-44-11-4-10-40-44/h4,6,8,10-11,17-20,24-25,28,31,33,35,45H,5,7,9,12-16,21-23H2,1-3H3/b8-6+,26-17+/t24-,25-,28+,31+,33-,35-/m0/s1. The van der Waals surface area contributed by atoms with E-state index in [0.717, 1.165) is 0 Å². The van der Waals surface area contributed by atoms with Gasteiger partial charge in [0.25, 0.3) is 0 Å². The molecule has 2 aromatic rings. The molecule has 3 aliphatic rings. The second-order valence-electron chi connectivity index (χ2n) is 13.8. The Kier molecular flexibility index (Phi) is 12.2. The molecule has 0 spiro atoms. The second kappa shape index (κ2) is 16.5. The zero-order valence-corrected chi connectivity index (χ0v) is 28.9. The van der Waals surface area contributed by atoms with Gasteiger partial charge in [-0.25, -0.2) is 13.6 Å². The third kappa shape index (κ3) is 9.43. The number of aliphatic hydroxyl groups is 1. The fraction of sp³-hybridized carbons (Fsp3) is 0.541. The van der Waals surface area contributed by atoms with Gasteiger partial charge in [0.15, 0.2) is 0 Å². The van der Waals surface area contributed by atoms with Crippen LogP contribution < -0.4 is 4.90 Å². The predicted molar refractivity (Wildman–Crippen MR) is 183 cm³/mol. The number of alkyl halides is 1. The van der Waals surface area contributed by atoms with Crippen LogP contribution in [0.3, 0.4) is 0 Å². The van der Waals surface area contributed by atoms with Gasteiger partial charge in [0.1, 0.15) is 24.6 Å². The van der Waals surface area contributed by atoms with E-state index < -0.39 is 53.7 Å². The van der Waals surface area contributed by atoms with Crippen molar-refractivity contribution < 1.29 is 37.8 Å². The van der Waals surface area contributed by atoms with Crippen molar-refractivity contribution >= 4 is 35.3 Å². The molecule has 0 saturated carbocycles. The van der Waals surface area contributed by atoms with Gasteiger partial charge in [-0.2, -0.15) is 5.10 Å². The summed E-state index contributed by atoms with van der Waals surface area (Å²) in [5.74, 6) is -3.50. The largest absolute Gasteiger partial charge is 0.442 e. The molecule has 6 atom stereocenters. The maximum absolute atomic E-state index is 15.0. The van der Waals surface area contributed by atoms with Crippen LogP contribution in [-0.2, 0) is 25.7 Å². The fourth-order valence-corrected chi connectivity index (χ4v) is 6.95. The Labute approximate surface area is 291 Å². The number of allylic oxidation sites excluding steroid dienone is 2. The number of nitrogens with zero attached hydrogens (tertiary/aromatic N) is 5. The van der Waals surface area contributed by atoms with Crippen LogP contribution in [0.4, 0.5) is 19.3 Å². The Balaban J connectivity index is 1.33. The zero-order valence-electron chi connectivity index (χ0n) is 28.9. The first kappa shape index (κ1) is 36.9. The van der Waals surface area contributed by atoms with Crippen molar-refractivity contribution in [3.8, 4) is 0 Å². The van der Waals surface area contributed by atoms with Gasteiger partial charge in [-0.1, -0.05) is 31.6 Å². The summed E-state index contributed by atoms with van der Waals surface area (Å²) in [5.41, 5.74) is 1.68. The molecule has 1 aromatic heterocycles. The fourth-order valence-electron chi connectivity index (χ4n) is 6.95. The molecular weight excluding hydrogens is 648 g/mol. The molecule has 13 heteroatoms. The minimum absolute atomic E-state index is 0.0219. The number of ether oxygens (including phenoxy) is 1. The number of aromatic nitrogens is 2. The van der Waals surface area contributed by atoms with Crippen LogP contribution in [0.15, 0.2) is 54.4 Å². The van der Waals surface area contributed by atoms with Crippen LogP contribution in [0.2, 0.25) is 0 Å². The second-order valence-corrected chi connectivity index (χ2v) is 13.8. The molecule has 2 amide bonds. The molecule has 50 heavy (non-hydrogen) atoms. The molecule has 0 radical (unpaired) electrons. The number of halogens is 2. The number of hydrogen-bond acceptors (Lipinski definition) is 8. The maximum atomic E-state index is 15.0. The topological polar surface area (TPSA) is 125 Å². The summed E-state index contributed by atoms with van der Waals surface area (Å²) in [5, 5.41) is 14.7. The third-order valence-corrected chi connectivity index (χ3v) is 9.89. The molecule has 0 bridgehead atoms. The van der Waals surface area contributed by atoms with Gasteiger partial charge in [-0.15, -0.1) is 0 Å². The van der Waals surface area contributed by atoms with E-state index in [1.165, 1.54) is 17.0 Å². The number of rotatable bonds is 6. The van der Waals surface area contributed by atoms with Gasteiger partial charge >= 0.3 is 6.09 Å². The van der Waals surface area contributed by atoms with Crippen molar-refractivity contribution in [2.45, 2.75) is 71.4 Å². The van der Waals surface area contributed by atoms with E-state index in [9.17, 15) is 28.7 Å². The Morgan fingerprint density at radius 3 is 2.46 bits per heavy atom. The zero-order chi connectivity index (χ0) is 35.9. The molecule has 0 unspecified atom stereocenters. The summed E-state index contributed by atoms with van der Waals surface area (Å²) in [7, 11) is 0. The van der Waals surface area contributed by atoms with Crippen molar-refractivity contribution in [2.75, 3.05) is 44.2 Å². The van der Waals surface area contributed by atoms with Crippen molar-refractivity contribution in [3.63, 3.8) is 0 Å². The number of anilines is 1. The van der Waals surface area contributed by atoms with Gasteiger partial charge in [0, 0.05) is 57.2 Å². The molecule has 2 fully saturated rings. The molecule has 1 aliphatic carbocycles. The van der Waals surface area contributed by atoms with Crippen LogP contribution >= 0.6 is 0 Å². The number of likely N-dealkylation sites (tertiary alicyclic amines) is 1. The minimum atomic E-state index is -1.09. The van der Waals surface area contributed by atoms with Gasteiger partial charge < -0.3 is 24.5 Å². The van der Waals surface area contributed by atoms with Crippen LogP contribution in [0, 0.1) is 23.6 Å². The first-order valence-corrected chi connectivity index (χ1v) is 17.4. The van der Waals surface area contributed by atoms with Crippen molar-refractivity contribution in [3.05, 3.63) is 65.8 Å². The highest BCUT2D eigenvalue weighted by Crippen LogP contribution is 2.30. The summed E-state index contributed by atoms with van der Waals surface area (Å²) in [4.78, 5) is 57.5. The van der Waals surface area contributed by atoms with Gasteiger partial charge in [-0.05, 0) is 73.9 Å². The van der Waals surface area contributed by atoms with Crippen LogP contribution in [0.25, 0.3) is 6.08 Å². The number of ketones is 2. The highest BCUT2D eigenvalue weighted by molar-refractivity contribution is 6.38. The van der Waals surface area contributed by atoms with Gasteiger partial charge in [0.2, 0.25) is 17.5 Å². The lowest BCUT2D eigenvalue weighted by atomic mass is 9.80. The number of carbonyl (C=O) groups excluding carboxylic acids is 4. The molecule has 5 rings (SSSR count). The Hall–Kier alpha value is -4.39. The summed E-state index contributed by atoms with van der Waals surface area (Å²) in [6.45, 7) is 7.74. The lowest BCUT2D eigenvalue weighted by molar-refractivity contribution is -0.140. The Morgan fingerprint density at radius 2 is 1.78 bits per heavy atom. The number of benzene rings is 1. The van der Waals surface area contributed by atoms with E-state index in [4.69, 9.17) is 4.74 Å². The average molecular weight is 696 g/mol. The van der Waals surface area contributed by atoms with Gasteiger partial charge in [0.05, 0.1) is 18.6 Å². The number of hydrogen-bond donors (Lipinski definition) is 1. The highest BCUT2D eigenvalue weighted by atomic mass is 19.1. The summed E-state index contributed by atoms with van der Waals surface area (Å²) < 4.78 is 36.2. The number of aliphatic hydroxyl groups excluding tert-OH is 1. The smallest absolute Gasteiger partial charge is 0.410 e. The number of Topliss-reactive ketones (excluding diaryl/α,β-unsaturated/α-hetero) is 2. The number of amides is 2. The SMILES string of the molecule is C/C(=C\c1cc(F)cc(N2CCN(C(=O)Cn3cccn3)CC2)c1)[C@H]1C(=O)C(=O)C[C@H](O)CC[C@H](C)[C@@H](OC(=O)N2CC[C@@H](F)C2)/C=C/[C@@H]1C. The molecule has 2 aliphatic heterocycles. The first-order valence-electron chi connectivity index (χ1n) is 17.4. The molecule has 270 valence electrons. The van der Waals surface area contributed by atoms with E-state index in [0.29, 0.717) is 49.4 Å². The van der Waals surface area contributed by atoms with Crippen LogP contribution in [-0.4, -0.2) is 106 Å². The quantitative estimate of drug-likeness (QED) is 0.347. The summed E-state index contributed by atoms with van der Waals surface area (Å²) >= 11 is 0. The van der Waals surface area contributed by atoms with Crippen molar-refractivity contribution in [1.82, 2.24) is 19.6 Å². The number of carbonyl (C=O) groups is 4. The third-order valence-electron chi connectivity index (χ3n) is 9.89. The van der Waals surface area contributed by atoms with Gasteiger partial charge in [-0.3, -0.25) is 19.1 Å². The predicted octanol–water partition coefficient (Wildman–Crippen LogP) is 4.45. The summed E-state index contributed by atoms with van der Waals surface area (Å²) in [6.07, 6.45) is 5.66. The average Bonchev–Trinajstić information content (AvgIpc) is 3.76. The van der Waals surface area contributed by atoms with Crippen LogP contribution in [0.1, 0.15) is 52.0 Å². The monoisotopic (exact) mass is 695 g/mol.